The van der Waals surface area contributed by atoms with Crippen LogP contribution in [0.3, 0.4) is 0 Å². The van der Waals surface area contributed by atoms with Crippen molar-refractivity contribution < 1.29 is 14.7 Å². The fourth-order valence-corrected chi connectivity index (χ4v) is 2.85. The van der Waals surface area contributed by atoms with Crippen molar-refractivity contribution in [3.8, 4) is 0 Å². The van der Waals surface area contributed by atoms with Gasteiger partial charge in [-0.15, -0.1) is 0 Å². The molecule has 1 aliphatic heterocycles. The Morgan fingerprint density at radius 1 is 1.29 bits per heavy atom. The number of aliphatic hydroxyl groups is 1. The van der Waals surface area contributed by atoms with Crippen molar-refractivity contribution in [3.63, 3.8) is 0 Å². The third-order valence-corrected chi connectivity index (χ3v) is 4.15. The highest BCUT2D eigenvalue weighted by atomic mass is 16.2. The first kappa shape index (κ1) is 17.8. The van der Waals surface area contributed by atoms with Gasteiger partial charge in [-0.2, -0.15) is 0 Å². The van der Waals surface area contributed by atoms with Gasteiger partial charge in [0.05, 0.1) is 35.4 Å². The maximum Gasteiger partial charge on any atom is 0.239 e. The molecule has 0 spiro atoms. The number of nitrogens with zero attached hydrogens (tertiary/aromatic N) is 4. The molecule has 0 fully saturated rings. The number of carbonyl (C=O) groups excluding carboxylic acids is 2. The zero-order valence-corrected chi connectivity index (χ0v) is 14.4. The molecule has 0 atom stereocenters. The molecular weight excluding hydrogens is 308 g/mol. The summed E-state index contributed by atoms with van der Waals surface area (Å²) >= 11 is 0. The maximum absolute atomic E-state index is 12.8. The number of aromatic nitrogens is 3. The molecule has 0 aliphatic carbocycles. The van der Waals surface area contributed by atoms with Crippen molar-refractivity contribution in [2.24, 2.45) is 0 Å². The summed E-state index contributed by atoms with van der Waals surface area (Å²) in [6.07, 6.45) is 5.78. The van der Waals surface area contributed by atoms with E-state index in [1.807, 2.05) is 25.3 Å². The molecule has 0 aromatic carbocycles. The van der Waals surface area contributed by atoms with Gasteiger partial charge in [0, 0.05) is 31.6 Å². The van der Waals surface area contributed by atoms with E-state index in [1.165, 1.54) is 6.20 Å². The van der Waals surface area contributed by atoms with Crippen LogP contribution in [0.5, 0.6) is 0 Å². The molecule has 0 bridgehead atoms. The van der Waals surface area contributed by atoms with Gasteiger partial charge in [-0.05, 0) is 26.8 Å². The number of aryl methyl sites for hydroxylation is 1. The van der Waals surface area contributed by atoms with Gasteiger partial charge in [-0.1, -0.05) is 0 Å². The van der Waals surface area contributed by atoms with Gasteiger partial charge in [-0.25, -0.2) is 4.98 Å². The average Bonchev–Trinajstić information content (AvgIpc) is 3.13. The van der Waals surface area contributed by atoms with Crippen LogP contribution in [-0.2, 0) is 23.3 Å². The topological polar surface area (TPSA) is 88.3 Å². The van der Waals surface area contributed by atoms with Crippen LogP contribution in [0.25, 0.3) is 0 Å². The van der Waals surface area contributed by atoms with Crippen molar-refractivity contribution in [1.82, 2.24) is 14.5 Å². The quantitative estimate of drug-likeness (QED) is 0.859. The van der Waals surface area contributed by atoms with Crippen LogP contribution in [0.2, 0.25) is 0 Å². The number of hydrogen-bond donors (Lipinski definition) is 1. The fraction of sp³-hybridized carbons (Fsp3) is 0.412. The summed E-state index contributed by atoms with van der Waals surface area (Å²) in [5.74, 6) is -0.0121. The number of imidazole rings is 1. The molecule has 7 nitrogen and oxygen atoms in total. The highest BCUT2D eigenvalue weighted by molar-refractivity contribution is 6.07. The predicted molar refractivity (Wildman–Crippen MR) is 89.9 cm³/mol. The average molecular weight is 330 g/mol. The third kappa shape index (κ3) is 2.82. The van der Waals surface area contributed by atoms with Crippen molar-refractivity contribution in [2.45, 2.75) is 39.3 Å². The summed E-state index contributed by atoms with van der Waals surface area (Å²) in [5, 5.41) is 7.00. The van der Waals surface area contributed by atoms with Crippen molar-refractivity contribution in [1.29, 1.82) is 0 Å². The van der Waals surface area contributed by atoms with Crippen LogP contribution in [0.1, 0.15) is 42.5 Å². The molecule has 0 saturated carbocycles. The Bertz CT molecular complexity index is 752. The Hall–Kier alpha value is -2.54. The summed E-state index contributed by atoms with van der Waals surface area (Å²) in [4.78, 5) is 34.0. The molecule has 1 amide bonds. The van der Waals surface area contributed by atoms with Gasteiger partial charge >= 0.3 is 0 Å². The van der Waals surface area contributed by atoms with Gasteiger partial charge in [0.2, 0.25) is 5.91 Å². The second kappa shape index (κ2) is 6.92. The third-order valence-electron chi connectivity index (χ3n) is 4.15. The van der Waals surface area contributed by atoms with E-state index in [0.29, 0.717) is 23.5 Å². The molecule has 0 unspecified atom stereocenters. The lowest BCUT2D eigenvalue weighted by molar-refractivity contribution is -0.122. The summed E-state index contributed by atoms with van der Waals surface area (Å²) in [6.45, 7) is 6.96. The van der Waals surface area contributed by atoms with E-state index in [-0.39, 0.29) is 5.91 Å². The molecule has 2 aromatic rings. The van der Waals surface area contributed by atoms with Crippen LogP contribution in [0.4, 0.5) is 5.69 Å². The zero-order chi connectivity index (χ0) is 17.9. The van der Waals surface area contributed by atoms with Gasteiger partial charge in [0.15, 0.2) is 6.29 Å². The highest BCUT2D eigenvalue weighted by Gasteiger charge is 2.45. The number of aliphatic hydroxyl groups excluding tert-OH is 1. The first-order valence-electron chi connectivity index (χ1n) is 7.70. The standard InChI is InChI=1S/C16H18N4O2.CH4O/c1-4-19-10-17-7-12(19)8-20-13-5-11(9-21)6-18-14(13)16(2,3)15(20)22;1-2/h5-7,9-10H,4,8H2,1-3H3;2H,1H3. The summed E-state index contributed by atoms with van der Waals surface area (Å²) < 4.78 is 2.00. The SMILES string of the molecule is CCn1cncc1CN1C(=O)C(C)(C)c2ncc(C=O)cc21.CO. The fourth-order valence-electron chi connectivity index (χ4n) is 2.85. The molecule has 3 rings (SSSR count). The zero-order valence-electron chi connectivity index (χ0n) is 14.4. The van der Waals surface area contributed by atoms with E-state index in [2.05, 4.69) is 9.97 Å². The number of hydrogen-bond acceptors (Lipinski definition) is 5. The van der Waals surface area contributed by atoms with Gasteiger partial charge in [-0.3, -0.25) is 14.6 Å². The van der Waals surface area contributed by atoms with E-state index in [4.69, 9.17) is 5.11 Å². The van der Waals surface area contributed by atoms with Crippen LogP contribution < -0.4 is 4.90 Å². The number of pyridine rings is 1. The summed E-state index contributed by atoms with van der Waals surface area (Å²) in [7, 11) is 1.00. The second-order valence-electron chi connectivity index (χ2n) is 5.94. The van der Waals surface area contributed by atoms with Crippen LogP contribution in [0, 0.1) is 0 Å². The number of anilines is 1. The molecule has 1 N–H and O–H groups in total. The molecule has 7 heteroatoms. The van der Waals surface area contributed by atoms with Crippen LogP contribution in [0.15, 0.2) is 24.8 Å². The molecule has 128 valence electrons. The Kier molecular flexibility index (Phi) is 5.14. The van der Waals surface area contributed by atoms with Crippen LogP contribution in [-0.4, -0.2) is 38.9 Å². The summed E-state index contributed by atoms with van der Waals surface area (Å²) in [6, 6.07) is 1.73. The summed E-state index contributed by atoms with van der Waals surface area (Å²) in [5.41, 5.74) is 2.16. The Morgan fingerprint density at radius 3 is 2.62 bits per heavy atom. The lowest BCUT2D eigenvalue weighted by Gasteiger charge is -2.20. The number of amides is 1. The minimum Gasteiger partial charge on any atom is -0.400 e. The van der Waals surface area contributed by atoms with E-state index < -0.39 is 5.41 Å². The second-order valence-corrected chi connectivity index (χ2v) is 5.94. The first-order valence-corrected chi connectivity index (χ1v) is 7.70. The Labute approximate surface area is 141 Å². The minimum atomic E-state index is -0.687. The number of aldehydes is 1. The molecule has 2 aromatic heterocycles. The molecular formula is C17H22N4O3. The molecule has 24 heavy (non-hydrogen) atoms. The monoisotopic (exact) mass is 330 g/mol. The highest BCUT2D eigenvalue weighted by Crippen LogP contribution is 2.41. The maximum atomic E-state index is 12.8. The van der Waals surface area contributed by atoms with E-state index >= 15 is 0 Å². The molecule has 3 heterocycles. The lowest BCUT2D eigenvalue weighted by Crippen LogP contribution is -2.36. The number of rotatable bonds is 4. The first-order chi connectivity index (χ1) is 11.5. The lowest BCUT2D eigenvalue weighted by atomic mass is 9.90. The van der Waals surface area contributed by atoms with E-state index in [9.17, 15) is 9.59 Å². The van der Waals surface area contributed by atoms with Crippen molar-refractivity contribution >= 4 is 17.9 Å². The van der Waals surface area contributed by atoms with E-state index in [0.717, 1.165) is 25.6 Å². The van der Waals surface area contributed by atoms with Gasteiger partial charge in [0.25, 0.3) is 0 Å². The largest absolute Gasteiger partial charge is 0.400 e. The van der Waals surface area contributed by atoms with Crippen molar-refractivity contribution in [3.05, 3.63) is 41.7 Å². The normalized spacial score (nSPS) is 14.9. The molecule has 1 aliphatic rings. The molecule has 0 saturated heterocycles. The smallest absolute Gasteiger partial charge is 0.239 e. The van der Waals surface area contributed by atoms with Gasteiger partial charge in [0.1, 0.15) is 0 Å². The number of carbonyl (C=O) groups is 2. The van der Waals surface area contributed by atoms with Crippen LogP contribution >= 0.6 is 0 Å². The Morgan fingerprint density at radius 2 is 2.00 bits per heavy atom. The Balaban J connectivity index is 0.00000100. The van der Waals surface area contributed by atoms with Gasteiger partial charge < -0.3 is 14.6 Å². The minimum absolute atomic E-state index is 0.0121. The molecule has 0 radical (unpaired) electrons. The predicted octanol–water partition coefficient (Wildman–Crippen LogP) is 1.54. The van der Waals surface area contributed by atoms with Crippen molar-refractivity contribution in [2.75, 3.05) is 12.0 Å². The van der Waals surface area contributed by atoms with E-state index in [1.54, 1.807) is 23.5 Å². The number of fused-ring (bicyclic) bond motifs is 1.